The topological polar surface area (TPSA) is 74.3 Å². The molecule has 1 saturated heterocycles. The highest BCUT2D eigenvalue weighted by atomic mass is 16.2. The molecule has 3 amide bonds. The third kappa shape index (κ3) is 3.53. The highest BCUT2D eigenvalue weighted by Crippen LogP contribution is 2.24. The predicted octanol–water partition coefficient (Wildman–Crippen LogP) is 2.63. The van der Waals surface area contributed by atoms with Crippen molar-refractivity contribution < 1.29 is 9.59 Å². The number of amides is 3. The summed E-state index contributed by atoms with van der Waals surface area (Å²) in [6.45, 7) is 4.54. The van der Waals surface area contributed by atoms with Gasteiger partial charge in [0.15, 0.2) is 0 Å². The number of nitrogens with zero attached hydrogens (tertiary/aromatic N) is 2. The second kappa shape index (κ2) is 6.70. The van der Waals surface area contributed by atoms with Gasteiger partial charge in [-0.2, -0.15) is 0 Å². The monoisotopic (exact) mass is 324 g/mol. The van der Waals surface area contributed by atoms with E-state index in [9.17, 15) is 9.59 Å². The fourth-order valence-electron chi connectivity index (χ4n) is 2.74. The molecule has 0 radical (unpaired) electrons. The van der Waals surface area contributed by atoms with Gasteiger partial charge in [-0.15, -0.1) is 0 Å². The van der Waals surface area contributed by atoms with Crippen LogP contribution in [-0.2, 0) is 4.79 Å². The van der Waals surface area contributed by atoms with Crippen LogP contribution in [0.3, 0.4) is 0 Å². The number of benzene rings is 1. The van der Waals surface area contributed by atoms with E-state index in [0.29, 0.717) is 18.7 Å². The molecule has 6 nitrogen and oxygen atoms in total. The van der Waals surface area contributed by atoms with Crippen LogP contribution in [0, 0.1) is 13.8 Å². The van der Waals surface area contributed by atoms with E-state index in [1.165, 1.54) is 5.56 Å². The van der Waals surface area contributed by atoms with E-state index in [0.717, 1.165) is 11.3 Å². The standard InChI is InChI=1S/C18H20N4O2/c1-12-5-6-16(8-13(12)2)22-11-15(9-17(22)23)21-18(24)20-14-4-3-7-19-10-14/h3-8,10,15H,9,11H2,1-2H3,(H2,20,21,24)/t15-/m1/s1. The van der Waals surface area contributed by atoms with Gasteiger partial charge in [-0.25, -0.2) is 4.79 Å². The first-order chi connectivity index (χ1) is 11.5. The van der Waals surface area contributed by atoms with Crippen molar-refractivity contribution in [3.63, 3.8) is 0 Å². The number of urea groups is 1. The predicted molar refractivity (Wildman–Crippen MR) is 93.1 cm³/mol. The fourth-order valence-corrected chi connectivity index (χ4v) is 2.74. The lowest BCUT2D eigenvalue weighted by atomic mass is 10.1. The number of pyridine rings is 1. The summed E-state index contributed by atoms with van der Waals surface area (Å²) in [5.41, 5.74) is 3.83. The quantitative estimate of drug-likeness (QED) is 0.911. The van der Waals surface area contributed by atoms with Gasteiger partial charge in [-0.05, 0) is 49.2 Å². The van der Waals surface area contributed by atoms with Gasteiger partial charge in [-0.3, -0.25) is 9.78 Å². The maximum Gasteiger partial charge on any atom is 0.319 e. The first kappa shape index (κ1) is 16.0. The Morgan fingerprint density at radius 1 is 1.25 bits per heavy atom. The van der Waals surface area contributed by atoms with Gasteiger partial charge in [0.05, 0.1) is 17.9 Å². The molecule has 2 heterocycles. The molecule has 2 N–H and O–H groups in total. The average molecular weight is 324 g/mol. The number of nitrogens with one attached hydrogen (secondary N) is 2. The molecule has 1 aromatic heterocycles. The van der Waals surface area contributed by atoms with Crippen LogP contribution >= 0.6 is 0 Å². The zero-order valence-corrected chi connectivity index (χ0v) is 13.7. The van der Waals surface area contributed by atoms with E-state index in [1.54, 1.807) is 29.4 Å². The number of hydrogen-bond donors (Lipinski definition) is 2. The molecule has 3 rings (SSSR count). The number of carbonyl (C=O) groups is 2. The second-order valence-corrected chi connectivity index (χ2v) is 6.01. The molecule has 6 heteroatoms. The molecule has 0 bridgehead atoms. The van der Waals surface area contributed by atoms with Crippen LogP contribution in [0.4, 0.5) is 16.2 Å². The third-order valence-electron chi connectivity index (χ3n) is 4.18. The van der Waals surface area contributed by atoms with Gasteiger partial charge in [-0.1, -0.05) is 6.07 Å². The zero-order chi connectivity index (χ0) is 17.1. The summed E-state index contributed by atoms with van der Waals surface area (Å²) in [5, 5.41) is 5.56. The second-order valence-electron chi connectivity index (χ2n) is 6.01. The number of carbonyl (C=O) groups excluding carboxylic acids is 2. The molecule has 1 fully saturated rings. The van der Waals surface area contributed by atoms with Crippen LogP contribution in [0.1, 0.15) is 17.5 Å². The lowest BCUT2D eigenvalue weighted by Crippen LogP contribution is -2.39. The highest BCUT2D eigenvalue weighted by Gasteiger charge is 2.31. The largest absolute Gasteiger partial charge is 0.333 e. The van der Waals surface area contributed by atoms with Crippen molar-refractivity contribution in [1.82, 2.24) is 10.3 Å². The molecule has 0 unspecified atom stereocenters. The van der Waals surface area contributed by atoms with Crippen LogP contribution in [-0.4, -0.2) is 29.5 Å². The minimum atomic E-state index is -0.331. The first-order valence-corrected chi connectivity index (χ1v) is 7.88. The van der Waals surface area contributed by atoms with E-state index < -0.39 is 0 Å². The normalized spacial score (nSPS) is 17.0. The van der Waals surface area contributed by atoms with Crippen molar-refractivity contribution in [2.45, 2.75) is 26.3 Å². The Morgan fingerprint density at radius 3 is 2.79 bits per heavy atom. The van der Waals surface area contributed by atoms with Gasteiger partial charge in [0.25, 0.3) is 0 Å². The van der Waals surface area contributed by atoms with Gasteiger partial charge < -0.3 is 15.5 Å². The molecule has 0 aliphatic carbocycles. The third-order valence-corrected chi connectivity index (χ3v) is 4.18. The Balaban J connectivity index is 1.62. The molecular formula is C18H20N4O2. The number of anilines is 2. The van der Waals surface area contributed by atoms with Gasteiger partial charge >= 0.3 is 6.03 Å². The van der Waals surface area contributed by atoms with Gasteiger partial charge in [0.2, 0.25) is 5.91 Å². The van der Waals surface area contributed by atoms with Gasteiger partial charge in [0.1, 0.15) is 0 Å². The van der Waals surface area contributed by atoms with Crippen LogP contribution in [0.2, 0.25) is 0 Å². The van der Waals surface area contributed by atoms with E-state index in [-0.39, 0.29) is 18.0 Å². The summed E-state index contributed by atoms with van der Waals surface area (Å²) in [6, 6.07) is 8.92. The summed E-state index contributed by atoms with van der Waals surface area (Å²) in [6.07, 6.45) is 3.51. The maximum absolute atomic E-state index is 12.3. The summed E-state index contributed by atoms with van der Waals surface area (Å²) in [4.78, 5) is 30.0. The molecule has 2 aromatic rings. The molecular weight excluding hydrogens is 304 g/mol. The molecule has 0 saturated carbocycles. The summed E-state index contributed by atoms with van der Waals surface area (Å²) >= 11 is 0. The average Bonchev–Trinajstić information content (AvgIpc) is 2.91. The number of aromatic nitrogens is 1. The Bertz CT molecular complexity index is 761. The van der Waals surface area contributed by atoms with E-state index in [2.05, 4.69) is 15.6 Å². The summed E-state index contributed by atoms with van der Waals surface area (Å²) in [7, 11) is 0. The minimum Gasteiger partial charge on any atom is -0.333 e. The molecule has 1 atom stereocenters. The lowest BCUT2D eigenvalue weighted by molar-refractivity contribution is -0.117. The molecule has 1 aromatic carbocycles. The van der Waals surface area contributed by atoms with Crippen molar-refractivity contribution in [3.05, 3.63) is 53.9 Å². The van der Waals surface area contributed by atoms with Crippen molar-refractivity contribution in [3.8, 4) is 0 Å². The number of aryl methyl sites for hydroxylation is 2. The number of hydrogen-bond acceptors (Lipinski definition) is 3. The molecule has 24 heavy (non-hydrogen) atoms. The fraction of sp³-hybridized carbons (Fsp3) is 0.278. The zero-order valence-electron chi connectivity index (χ0n) is 13.7. The van der Waals surface area contributed by atoms with Crippen LogP contribution in [0.5, 0.6) is 0 Å². The molecule has 124 valence electrons. The number of rotatable bonds is 3. The van der Waals surface area contributed by atoms with Crippen LogP contribution < -0.4 is 15.5 Å². The Hall–Kier alpha value is -2.89. The van der Waals surface area contributed by atoms with Crippen LogP contribution in [0.15, 0.2) is 42.7 Å². The van der Waals surface area contributed by atoms with E-state index in [4.69, 9.17) is 0 Å². The van der Waals surface area contributed by atoms with Crippen molar-refractivity contribution in [2.75, 3.05) is 16.8 Å². The smallest absolute Gasteiger partial charge is 0.319 e. The minimum absolute atomic E-state index is 0.0185. The molecule has 0 spiro atoms. The summed E-state index contributed by atoms with van der Waals surface area (Å²) < 4.78 is 0. The summed E-state index contributed by atoms with van der Waals surface area (Å²) in [5.74, 6) is 0.0185. The molecule has 1 aliphatic rings. The Kier molecular flexibility index (Phi) is 4.46. The van der Waals surface area contributed by atoms with Gasteiger partial charge in [0, 0.05) is 24.8 Å². The molecule has 1 aliphatic heterocycles. The van der Waals surface area contributed by atoms with Crippen LogP contribution in [0.25, 0.3) is 0 Å². The maximum atomic E-state index is 12.3. The van der Waals surface area contributed by atoms with E-state index in [1.807, 2.05) is 32.0 Å². The van der Waals surface area contributed by atoms with Crippen molar-refractivity contribution in [2.24, 2.45) is 0 Å². The first-order valence-electron chi connectivity index (χ1n) is 7.88. The lowest BCUT2D eigenvalue weighted by Gasteiger charge is -2.18. The van der Waals surface area contributed by atoms with E-state index >= 15 is 0 Å². The highest BCUT2D eigenvalue weighted by molar-refractivity contribution is 5.97. The van der Waals surface area contributed by atoms with Crippen molar-refractivity contribution in [1.29, 1.82) is 0 Å². The Labute approximate surface area is 140 Å². The van der Waals surface area contributed by atoms with Crippen molar-refractivity contribution >= 4 is 23.3 Å². The Morgan fingerprint density at radius 2 is 2.08 bits per heavy atom. The SMILES string of the molecule is Cc1ccc(N2C[C@H](NC(=O)Nc3cccnc3)CC2=O)cc1C.